The molecule has 1 aromatic carbocycles. The van der Waals surface area contributed by atoms with Crippen LogP contribution in [0, 0.1) is 6.92 Å². The lowest BCUT2D eigenvalue weighted by atomic mass is 10.0. The molecule has 0 fully saturated rings. The average Bonchev–Trinajstić information content (AvgIpc) is 2.88. The number of carbonyl (C=O) groups excluding carboxylic acids is 1. The molecule has 0 bridgehead atoms. The van der Waals surface area contributed by atoms with Gasteiger partial charge in [0.15, 0.2) is 5.78 Å². The molecule has 4 heteroatoms. The molecule has 0 radical (unpaired) electrons. The van der Waals surface area contributed by atoms with E-state index in [0.717, 1.165) is 34.1 Å². The number of halogens is 1. The summed E-state index contributed by atoms with van der Waals surface area (Å²) in [6.07, 6.45) is 4.44. The Labute approximate surface area is 134 Å². The molecule has 0 atom stereocenters. The number of Topliss-reactive ketones (excluding diaryl/α,β-unsaturated/α-hetero) is 1. The van der Waals surface area contributed by atoms with Gasteiger partial charge < -0.3 is 0 Å². The minimum atomic E-state index is 0.120. The van der Waals surface area contributed by atoms with Gasteiger partial charge in [0, 0.05) is 16.2 Å². The van der Waals surface area contributed by atoms with Crippen molar-refractivity contribution in [3.8, 4) is 0 Å². The molecule has 0 N–H and O–H groups in total. The van der Waals surface area contributed by atoms with Crippen LogP contribution in [0.3, 0.4) is 0 Å². The molecule has 0 aliphatic heterocycles. The van der Waals surface area contributed by atoms with E-state index in [1.54, 1.807) is 0 Å². The number of rotatable bonds is 6. The molecule has 1 heterocycles. The van der Waals surface area contributed by atoms with E-state index in [1.165, 1.54) is 0 Å². The van der Waals surface area contributed by atoms with Crippen molar-refractivity contribution in [2.24, 2.45) is 0 Å². The largest absolute Gasteiger partial charge is 0.294 e. The predicted octanol–water partition coefficient (Wildman–Crippen LogP) is 4.74. The summed E-state index contributed by atoms with van der Waals surface area (Å²) in [6.45, 7) is 6.28. The number of hydrogen-bond donors (Lipinski definition) is 0. The highest BCUT2D eigenvalue weighted by Crippen LogP contribution is 2.18. The SMILES string of the molecule is CCC(CC)n1ccc(CC(=O)c2ccc(Br)cc2C)n1. The summed E-state index contributed by atoms with van der Waals surface area (Å²) in [5, 5.41) is 4.55. The van der Waals surface area contributed by atoms with Crippen LogP contribution in [0.4, 0.5) is 0 Å². The monoisotopic (exact) mass is 348 g/mol. The number of benzene rings is 1. The summed E-state index contributed by atoms with van der Waals surface area (Å²) in [7, 11) is 0. The van der Waals surface area contributed by atoms with E-state index in [-0.39, 0.29) is 5.78 Å². The van der Waals surface area contributed by atoms with Crippen LogP contribution in [-0.4, -0.2) is 15.6 Å². The van der Waals surface area contributed by atoms with Crippen LogP contribution < -0.4 is 0 Å². The third kappa shape index (κ3) is 3.82. The van der Waals surface area contributed by atoms with E-state index in [4.69, 9.17) is 0 Å². The van der Waals surface area contributed by atoms with Crippen LogP contribution in [0.2, 0.25) is 0 Å². The van der Waals surface area contributed by atoms with Gasteiger partial charge >= 0.3 is 0 Å². The van der Waals surface area contributed by atoms with Crippen molar-refractivity contribution in [2.75, 3.05) is 0 Å². The number of hydrogen-bond acceptors (Lipinski definition) is 2. The molecule has 2 rings (SSSR count). The van der Waals surface area contributed by atoms with Gasteiger partial charge in [0.25, 0.3) is 0 Å². The third-order valence-corrected chi connectivity index (χ3v) is 4.30. The van der Waals surface area contributed by atoms with E-state index < -0.39 is 0 Å². The standard InChI is InChI=1S/C17H21BrN2O/c1-4-15(5-2)20-9-8-14(19-20)11-17(21)16-7-6-13(18)10-12(16)3/h6-10,15H,4-5,11H2,1-3H3. The first kappa shape index (κ1) is 16.0. The fourth-order valence-electron chi connectivity index (χ4n) is 2.54. The average molecular weight is 349 g/mol. The first-order chi connectivity index (χ1) is 10.0. The number of aromatic nitrogens is 2. The Morgan fingerprint density at radius 1 is 1.29 bits per heavy atom. The summed E-state index contributed by atoms with van der Waals surface area (Å²) >= 11 is 3.42. The highest BCUT2D eigenvalue weighted by Gasteiger charge is 2.13. The first-order valence-electron chi connectivity index (χ1n) is 7.38. The molecular formula is C17H21BrN2O. The third-order valence-electron chi connectivity index (χ3n) is 3.81. The number of nitrogens with zero attached hydrogens (tertiary/aromatic N) is 2. The predicted molar refractivity (Wildman–Crippen MR) is 88.8 cm³/mol. The molecule has 0 spiro atoms. The van der Waals surface area contributed by atoms with E-state index in [9.17, 15) is 4.79 Å². The maximum Gasteiger partial charge on any atom is 0.169 e. The molecule has 0 unspecified atom stereocenters. The molecule has 112 valence electrons. The van der Waals surface area contributed by atoms with Gasteiger partial charge in [-0.3, -0.25) is 9.48 Å². The zero-order chi connectivity index (χ0) is 15.4. The Balaban J connectivity index is 2.13. The molecule has 2 aromatic rings. The lowest BCUT2D eigenvalue weighted by Gasteiger charge is -2.12. The second kappa shape index (κ2) is 7.03. The van der Waals surface area contributed by atoms with Crippen molar-refractivity contribution >= 4 is 21.7 Å². The van der Waals surface area contributed by atoms with Crippen LogP contribution in [0.25, 0.3) is 0 Å². The van der Waals surface area contributed by atoms with Crippen molar-refractivity contribution in [2.45, 2.75) is 46.1 Å². The molecule has 0 aliphatic rings. The van der Waals surface area contributed by atoms with Gasteiger partial charge in [-0.05, 0) is 43.5 Å². The minimum absolute atomic E-state index is 0.120. The van der Waals surface area contributed by atoms with Crippen molar-refractivity contribution in [1.82, 2.24) is 9.78 Å². The lowest BCUT2D eigenvalue weighted by molar-refractivity contribution is 0.0991. The Morgan fingerprint density at radius 2 is 2.00 bits per heavy atom. The van der Waals surface area contributed by atoms with E-state index >= 15 is 0 Å². The van der Waals surface area contributed by atoms with Crippen molar-refractivity contribution in [1.29, 1.82) is 0 Å². The van der Waals surface area contributed by atoms with Crippen molar-refractivity contribution in [3.05, 3.63) is 51.8 Å². The van der Waals surface area contributed by atoms with Gasteiger partial charge in [-0.2, -0.15) is 5.10 Å². The molecular weight excluding hydrogens is 328 g/mol. The second-order valence-electron chi connectivity index (χ2n) is 5.32. The van der Waals surface area contributed by atoms with Gasteiger partial charge in [-0.15, -0.1) is 0 Å². The maximum absolute atomic E-state index is 12.4. The van der Waals surface area contributed by atoms with Crippen LogP contribution in [0.1, 0.15) is 54.3 Å². The topological polar surface area (TPSA) is 34.9 Å². The number of aryl methyl sites for hydroxylation is 1. The normalized spacial score (nSPS) is 11.1. The van der Waals surface area contributed by atoms with E-state index in [1.807, 2.05) is 42.1 Å². The van der Waals surface area contributed by atoms with Crippen molar-refractivity contribution in [3.63, 3.8) is 0 Å². The van der Waals surface area contributed by atoms with E-state index in [0.29, 0.717) is 12.5 Å². The van der Waals surface area contributed by atoms with Gasteiger partial charge in [0.2, 0.25) is 0 Å². The Bertz CT molecular complexity index is 629. The molecule has 3 nitrogen and oxygen atoms in total. The molecule has 1 aromatic heterocycles. The van der Waals surface area contributed by atoms with Gasteiger partial charge in [0.05, 0.1) is 18.2 Å². The number of ketones is 1. The van der Waals surface area contributed by atoms with Crippen LogP contribution in [0.5, 0.6) is 0 Å². The zero-order valence-corrected chi connectivity index (χ0v) is 14.4. The van der Waals surface area contributed by atoms with Crippen molar-refractivity contribution < 1.29 is 4.79 Å². The quantitative estimate of drug-likeness (QED) is 0.706. The maximum atomic E-state index is 12.4. The summed E-state index contributed by atoms with van der Waals surface area (Å²) in [5.74, 6) is 0.120. The fraction of sp³-hybridized carbons (Fsp3) is 0.412. The second-order valence-corrected chi connectivity index (χ2v) is 6.23. The summed E-state index contributed by atoms with van der Waals surface area (Å²) in [6, 6.07) is 8.12. The van der Waals surface area contributed by atoms with Gasteiger partial charge in [-0.25, -0.2) is 0 Å². The first-order valence-corrected chi connectivity index (χ1v) is 8.17. The smallest absolute Gasteiger partial charge is 0.169 e. The van der Waals surface area contributed by atoms with Crippen LogP contribution in [-0.2, 0) is 6.42 Å². The van der Waals surface area contributed by atoms with E-state index in [2.05, 4.69) is 34.9 Å². The molecule has 0 aliphatic carbocycles. The highest BCUT2D eigenvalue weighted by atomic mass is 79.9. The molecule has 21 heavy (non-hydrogen) atoms. The zero-order valence-electron chi connectivity index (χ0n) is 12.8. The van der Waals surface area contributed by atoms with Crippen LogP contribution in [0.15, 0.2) is 34.9 Å². The lowest BCUT2D eigenvalue weighted by Crippen LogP contribution is -2.10. The van der Waals surface area contributed by atoms with Crippen LogP contribution >= 0.6 is 15.9 Å². The molecule has 0 saturated carbocycles. The summed E-state index contributed by atoms with van der Waals surface area (Å²) < 4.78 is 2.98. The molecule has 0 saturated heterocycles. The summed E-state index contributed by atoms with van der Waals surface area (Å²) in [4.78, 5) is 12.4. The minimum Gasteiger partial charge on any atom is -0.294 e. The van der Waals surface area contributed by atoms with Gasteiger partial charge in [0.1, 0.15) is 0 Å². The Kier molecular flexibility index (Phi) is 5.34. The van der Waals surface area contributed by atoms with Gasteiger partial charge in [-0.1, -0.05) is 35.8 Å². The molecule has 0 amide bonds. The Hall–Kier alpha value is -1.42. The Morgan fingerprint density at radius 3 is 2.62 bits per heavy atom. The highest BCUT2D eigenvalue weighted by molar-refractivity contribution is 9.10. The number of carbonyl (C=O) groups is 1. The summed E-state index contributed by atoms with van der Waals surface area (Å²) in [5.41, 5.74) is 2.61. The fourth-order valence-corrected chi connectivity index (χ4v) is 3.01.